The van der Waals surface area contributed by atoms with Crippen molar-refractivity contribution in [3.8, 4) is 11.8 Å². The maximum Gasteiger partial charge on any atom is 0.135 e. The van der Waals surface area contributed by atoms with Gasteiger partial charge in [0.15, 0.2) is 0 Å². The molecule has 0 aliphatic heterocycles. The standard InChI is InChI=1S/C14H18F2N2O2/c1-4-9(19-2)8-18-13(7-17)14-11(15)5-10(20-3)6-12(14)16/h5-6,9,13,18H,4,8H2,1-3H3. The van der Waals surface area contributed by atoms with Gasteiger partial charge in [0, 0.05) is 25.8 Å². The summed E-state index contributed by atoms with van der Waals surface area (Å²) in [6.45, 7) is 2.25. The SMILES string of the molecule is CCC(CNC(C#N)c1c(F)cc(OC)cc1F)OC. The predicted octanol–water partition coefficient (Wildman–Crippen LogP) is 2.55. The minimum Gasteiger partial charge on any atom is -0.497 e. The van der Waals surface area contributed by atoms with Gasteiger partial charge in [-0.2, -0.15) is 5.26 Å². The fourth-order valence-corrected chi connectivity index (χ4v) is 1.81. The Labute approximate surface area is 117 Å². The number of hydrogen-bond donors (Lipinski definition) is 1. The van der Waals surface area contributed by atoms with Crippen molar-refractivity contribution < 1.29 is 18.3 Å². The minimum atomic E-state index is -1.08. The van der Waals surface area contributed by atoms with E-state index in [0.29, 0.717) is 6.54 Å². The summed E-state index contributed by atoms with van der Waals surface area (Å²) in [6, 6.07) is 2.88. The van der Waals surface area contributed by atoms with Crippen LogP contribution in [0.15, 0.2) is 12.1 Å². The van der Waals surface area contributed by atoms with Gasteiger partial charge in [-0.25, -0.2) is 8.78 Å². The summed E-state index contributed by atoms with van der Waals surface area (Å²) < 4.78 is 37.7. The van der Waals surface area contributed by atoms with E-state index in [9.17, 15) is 8.78 Å². The molecule has 0 radical (unpaired) electrons. The molecule has 0 spiro atoms. The van der Waals surface area contributed by atoms with Gasteiger partial charge in [0.1, 0.15) is 23.4 Å². The maximum atomic E-state index is 13.9. The van der Waals surface area contributed by atoms with Gasteiger partial charge in [-0.05, 0) is 6.42 Å². The van der Waals surface area contributed by atoms with Crippen molar-refractivity contribution >= 4 is 0 Å². The predicted molar refractivity (Wildman–Crippen MR) is 70.4 cm³/mol. The number of methoxy groups -OCH3 is 2. The summed E-state index contributed by atoms with van der Waals surface area (Å²) in [5.74, 6) is -1.55. The molecule has 0 heterocycles. The zero-order valence-electron chi connectivity index (χ0n) is 11.7. The molecule has 2 unspecified atom stereocenters. The van der Waals surface area contributed by atoms with E-state index >= 15 is 0 Å². The van der Waals surface area contributed by atoms with Crippen molar-refractivity contribution in [1.82, 2.24) is 5.32 Å². The van der Waals surface area contributed by atoms with Crippen LogP contribution in [-0.2, 0) is 4.74 Å². The summed E-state index contributed by atoms with van der Waals surface area (Å²) in [7, 11) is 2.87. The highest BCUT2D eigenvalue weighted by molar-refractivity contribution is 5.34. The first kappa shape index (κ1) is 16.3. The zero-order valence-corrected chi connectivity index (χ0v) is 11.7. The lowest BCUT2D eigenvalue weighted by molar-refractivity contribution is 0.0971. The summed E-state index contributed by atoms with van der Waals surface area (Å²) in [5, 5.41) is 11.9. The molecule has 1 rings (SSSR count). The van der Waals surface area contributed by atoms with Gasteiger partial charge in [-0.15, -0.1) is 0 Å². The molecule has 0 aromatic heterocycles. The van der Waals surface area contributed by atoms with Crippen molar-refractivity contribution in [2.45, 2.75) is 25.5 Å². The average Bonchev–Trinajstić information content (AvgIpc) is 2.45. The number of halogens is 2. The Morgan fingerprint density at radius 2 is 1.90 bits per heavy atom. The monoisotopic (exact) mass is 284 g/mol. The number of nitrogens with one attached hydrogen (secondary N) is 1. The van der Waals surface area contributed by atoms with Gasteiger partial charge >= 0.3 is 0 Å². The Morgan fingerprint density at radius 3 is 2.30 bits per heavy atom. The highest BCUT2D eigenvalue weighted by Crippen LogP contribution is 2.25. The molecule has 0 saturated heterocycles. The van der Waals surface area contributed by atoms with Gasteiger partial charge in [0.2, 0.25) is 0 Å². The van der Waals surface area contributed by atoms with Crippen LogP contribution in [0.3, 0.4) is 0 Å². The summed E-state index contributed by atoms with van der Waals surface area (Å²) >= 11 is 0. The van der Waals surface area contributed by atoms with E-state index in [1.165, 1.54) is 7.11 Å². The first-order valence-corrected chi connectivity index (χ1v) is 6.26. The number of benzene rings is 1. The van der Waals surface area contributed by atoms with Crippen molar-refractivity contribution in [3.05, 3.63) is 29.3 Å². The Bertz CT molecular complexity index is 462. The number of hydrogen-bond acceptors (Lipinski definition) is 4. The summed E-state index contributed by atoms with van der Waals surface area (Å²) in [4.78, 5) is 0. The normalized spacial score (nSPS) is 13.6. The van der Waals surface area contributed by atoms with E-state index in [4.69, 9.17) is 14.7 Å². The van der Waals surface area contributed by atoms with Crippen molar-refractivity contribution in [3.63, 3.8) is 0 Å². The molecule has 4 nitrogen and oxygen atoms in total. The summed E-state index contributed by atoms with van der Waals surface area (Å²) in [5.41, 5.74) is -0.306. The Balaban J connectivity index is 2.93. The molecular weight excluding hydrogens is 266 g/mol. The molecule has 1 aromatic rings. The van der Waals surface area contributed by atoms with Crippen LogP contribution in [0.5, 0.6) is 5.75 Å². The Kier molecular flexibility index (Phi) is 6.36. The van der Waals surface area contributed by atoms with Crippen molar-refractivity contribution in [2.75, 3.05) is 20.8 Å². The molecule has 2 atom stereocenters. The molecule has 1 aromatic carbocycles. The van der Waals surface area contributed by atoms with Crippen LogP contribution in [0, 0.1) is 23.0 Å². The van der Waals surface area contributed by atoms with Crippen molar-refractivity contribution in [1.29, 1.82) is 5.26 Å². The number of nitrogens with zero attached hydrogens (tertiary/aromatic N) is 1. The van der Waals surface area contributed by atoms with Gasteiger partial charge < -0.3 is 9.47 Å². The zero-order chi connectivity index (χ0) is 15.1. The third-order valence-electron chi connectivity index (χ3n) is 3.04. The molecule has 110 valence electrons. The van der Waals surface area contributed by atoms with Gasteiger partial charge in [-0.1, -0.05) is 6.92 Å². The third kappa shape index (κ3) is 3.89. The Morgan fingerprint density at radius 1 is 1.30 bits per heavy atom. The van der Waals surface area contributed by atoms with Gasteiger partial charge in [0.05, 0.1) is 24.8 Å². The van der Waals surface area contributed by atoms with Crippen LogP contribution in [0.25, 0.3) is 0 Å². The van der Waals surface area contributed by atoms with Crippen LogP contribution >= 0.6 is 0 Å². The molecule has 0 saturated carbocycles. The second kappa shape index (κ2) is 7.78. The highest BCUT2D eigenvalue weighted by atomic mass is 19.1. The first-order chi connectivity index (χ1) is 9.57. The molecule has 0 aliphatic carbocycles. The lowest BCUT2D eigenvalue weighted by Gasteiger charge is -2.18. The molecule has 20 heavy (non-hydrogen) atoms. The smallest absolute Gasteiger partial charge is 0.135 e. The highest BCUT2D eigenvalue weighted by Gasteiger charge is 2.22. The largest absolute Gasteiger partial charge is 0.497 e. The molecule has 6 heteroatoms. The van der Waals surface area contributed by atoms with E-state index in [-0.39, 0.29) is 17.4 Å². The number of nitriles is 1. The van der Waals surface area contributed by atoms with Crippen LogP contribution in [0.4, 0.5) is 8.78 Å². The van der Waals surface area contributed by atoms with E-state index in [1.54, 1.807) is 7.11 Å². The van der Waals surface area contributed by atoms with E-state index in [1.807, 2.05) is 13.0 Å². The van der Waals surface area contributed by atoms with E-state index in [0.717, 1.165) is 18.6 Å². The third-order valence-corrected chi connectivity index (χ3v) is 3.04. The molecule has 0 fully saturated rings. The average molecular weight is 284 g/mol. The molecule has 0 aliphatic rings. The van der Waals surface area contributed by atoms with Crippen molar-refractivity contribution in [2.24, 2.45) is 0 Å². The van der Waals surface area contributed by atoms with Crippen LogP contribution in [-0.4, -0.2) is 26.9 Å². The second-order valence-corrected chi connectivity index (χ2v) is 4.24. The summed E-state index contributed by atoms with van der Waals surface area (Å²) in [6.07, 6.45) is 0.616. The number of ether oxygens (including phenoxy) is 2. The second-order valence-electron chi connectivity index (χ2n) is 4.24. The quantitative estimate of drug-likeness (QED) is 0.836. The molecule has 0 bridgehead atoms. The fourth-order valence-electron chi connectivity index (χ4n) is 1.81. The minimum absolute atomic E-state index is 0.0729. The Hall–Kier alpha value is -1.71. The fraction of sp³-hybridized carbons (Fsp3) is 0.500. The lowest BCUT2D eigenvalue weighted by Crippen LogP contribution is -2.31. The molecular formula is C14H18F2N2O2. The maximum absolute atomic E-state index is 13.9. The van der Waals surface area contributed by atoms with E-state index < -0.39 is 17.7 Å². The van der Waals surface area contributed by atoms with Crippen LogP contribution < -0.4 is 10.1 Å². The molecule has 0 amide bonds. The topological polar surface area (TPSA) is 54.3 Å². The number of rotatable bonds is 7. The first-order valence-electron chi connectivity index (χ1n) is 6.26. The van der Waals surface area contributed by atoms with E-state index in [2.05, 4.69) is 5.32 Å². The van der Waals surface area contributed by atoms with Gasteiger partial charge in [-0.3, -0.25) is 5.32 Å². The molecule has 1 N–H and O–H groups in total. The van der Waals surface area contributed by atoms with Crippen LogP contribution in [0.2, 0.25) is 0 Å². The van der Waals surface area contributed by atoms with Crippen LogP contribution in [0.1, 0.15) is 24.9 Å². The lowest BCUT2D eigenvalue weighted by atomic mass is 10.1. The van der Waals surface area contributed by atoms with Gasteiger partial charge in [0.25, 0.3) is 0 Å².